The third kappa shape index (κ3) is 6.27. The average molecular weight is 495 g/mol. The van der Waals surface area contributed by atoms with Crippen molar-refractivity contribution < 1.29 is 23.9 Å². The monoisotopic (exact) mass is 494 g/mol. The van der Waals surface area contributed by atoms with Gasteiger partial charge in [-0.2, -0.15) is 0 Å². The first kappa shape index (κ1) is 25.3. The zero-order valence-electron chi connectivity index (χ0n) is 21.0. The molecule has 2 aromatic rings. The van der Waals surface area contributed by atoms with E-state index in [1.165, 1.54) is 0 Å². The highest BCUT2D eigenvalue weighted by Crippen LogP contribution is 2.32. The maximum absolute atomic E-state index is 13.1. The molecule has 1 saturated heterocycles. The van der Waals surface area contributed by atoms with E-state index in [1.54, 1.807) is 23.1 Å². The molecule has 9 heteroatoms. The summed E-state index contributed by atoms with van der Waals surface area (Å²) in [6, 6.07) is 11.8. The lowest BCUT2D eigenvalue weighted by atomic mass is 9.88. The molecule has 2 aromatic carbocycles. The smallest absolute Gasteiger partial charge is 0.321 e. The van der Waals surface area contributed by atoms with E-state index in [1.807, 2.05) is 45.0 Å². The van der Waals surface area contributed by atoms with E-state index < -0.39 is 6.04 Å². The number of urea groups is 1. The van der Waals surface area contributed by atoms with Gasteiger partial charge in [0.1, 0.15) is 6.04 Å². The lowest BCUT2D eigenvalue weighted by Gasteiger charge is -2.36. The van der Waals surface area contributed by atoms with Crippen molar-refractivity contribution in [2.24, 2.45) is 11.8 Å². The number of fused-ring (bicyclic) bond motifs is 1. The van der Waals surface area contributed by atoms with Crippen LogP contribution in [-0.4, -0.2) is 55.2 Å². The number of rotatable bonds is 7. The van der Waals surface area contributed by atoms with E-state index in [9.17, 15) is 14.4 Å². The van der Waals surface area contributed by atoms with Crippen molar-refractivity contribution in [3.63, 3.8) is 0 Å². The van der Waals surface area contributed by atoms with Gasteiger partial charge in [0.15, 0.2) is 11.5 Å². The number of anilines is 1. The first-order valence-electron chi connectivity index (χ1n) is 12.4. The van der Waals surface area contributed by atoms with Gasteiger partial charge in [-0.15, -0.1) is 0 Å². The van der Waals surface area contributed by atoms with Gasteiger partial charge in [0.25, 0.3) is 5.91 Å². The van der Waals surface area contributed by atoms with Gasteiger partial charge >= 0.3 is 6.03 Å². The third-order valence-corrected chi connectivity index (χ3v) is 6.49. The summed E-state index contributed by atoms with van der Waals surface area (Å²) in [4.78, 5) is 40.7. The summed E-state index contributed by atoms with van der Waals surface area (Å²) < 4.78 is 10.7. The minimum Gasteiger partial charge on any atom is -0.454 e. The van der Waals surface area contributed by atoms with Crippen molar-refractivity contribution in [3.05, 3.63) is 53.6 Å². The van der Waals surface area contributed by atoms with E-state index in [0.29, 0.717) is 49.5 Å². The van der Waals surface area contributed by atoms with Crippen LogP contribution in [0, 0.1) is 18.8 Å². The number of benzene rings is 2. The Balaban J connectivity index is 1.40. The van der Waals surface area contributed by atoms with Crippen molar-refractivity contribution >= 4 is 23.5 Å². The number of amides is 4. The molecule has 1 fully saturated rings. The highest BCUT2D eigenvalue weighted by molar-refractivity contribution is 5.98. The fraction of sp³-hybridized carbons (Fsp3) is 0.444. The molecule has 0 aromatic heterocycles. The number of piperidine rings is 1. The zero-order valence-corrected chi connectivity index (χ0v) is 21.0. The molecule has 4 rings (SSSR count). The molecule has 36 heavy (non-hydrogen) atoms. The van der Waals surface area contributed by atoms with Gasteiger partial charge in [0.05, 0.1) is 0 Å². The van der Waals surface area contributed by atoms with E-state index in [2.05, 4.69) is 16.0 Å². The highest BCUT2D eigenvalue weighted by Gasteiger charge is 2.34. The van der Waals surface area contributed by atoms with Crippen LogP contribution < -0.4 is 25.4 Å². The second kappa shape index (κ2) is 11.3. The van der Waals surface area contributed by atoms with Crippen LogP contribution in [0.4, 0.5) is 10.5 Å². The van der Waals surface area contributed by atoms with Crippen LogP contribution >= 0.6 is 0 Å². The molecule has 0 aliphatic carbocycles. The Morgan fingerprint density at radius 1 is 1.00 bits per heavy atom. The first-order valence-corrected chi connectivity index (χ1v) is 12.4. The Morgan fingerprint density at radius 2 is 1.69 bits per heavy atom. The first-order chi connectivity index (χ1) is 17.3. The number of carbonyl (C=O) groups excluding carboxylic acids is 3. The molecule has 0 bridgehead atoms. The molecule has 0 saturated carbocycles. The maximum atomic E-state index is 13.1. The van der Waals surface area contributed by atoms with Gasteiger partial charge in [-0.3, -0.25) is 9.59 Å². The normalized spacial score (nSPS) is 15.9. The van der Waals surface area contributed by atoms with Gasteiger partial charge in [0, 0.05) is 30.9 Å². The number of ether oxygens (including phenoxy) is 2. The van der Waals surface area contributed by atoms with Gasteiger partial charge in [0.2, 0.25) is 12.7 Å². The molecule has 4 amide bonds. The van der Waals surface area contributed by atoms with Crippen molar-refractivity contribution in [2.45, 2.75) is 39.7 Å². The maximum Gasteiger partial charge on any atom is 0.321 e. The van der Waals surface area contributed by atoms with Crippen LogP contribution in [0.2, 0.25) is 0 Å². The van der Waals surface area contributed by atoms with Gasteiger partial charge in [-0.05, 0) is 61.9 Å². The lowest BCUT2D eigenvalue weighted by molar-refractivity contribution is -0.124. The Morgan fingerprint density at radius 3 is 2.39 bits per heavy atom. The second-order valence-electron chi connectivity index (χ2n) is 9.78. The predicted octanol–water partition coefficient (Wildman–Crippen LogP) is 3.54. The summed E-state index contributed by atoms with van der Waals surface area (Å²) in [5, 5.41) is 8.83. The number of likely N-dealkylation sites (tertiary alicyclic amines) is 1. The van der Waals surface area contributed by atoms with Crippen LogP contribution in [0.15, 0.2) is 42.5 Å². The number of nitrogens with one attached hydrogen (secondary N) is 3. The topological polar surface area (TPSA) is 109 Å². The molecule has 192 valence electrons. The fourth-order valence-electron chi connectivity index (χ4n) is 4.35. The fourth-order valence-corrected chi connectivity index (χ4v) is 4.35. The Labute approximate surface area is 211 Å². The number of carbonyl (C=O) groups is 3. The average Bonchev–Trinajstić information content (AvgIpc) is 3.35. The van der Waals surface area contributed by atoms with Crippen molar-refractivity contribution in [2.75, 3.05) is 31.7 Å². The summed E-state index contributed by atoms with van der Waals surface area (Å²) >= 11 is 0. The summed E-state index contributed by atoms with van der Waals surface area (Å²) in [6.07, 6.45) is 1.20. The molecule has 1 unspecified atom stereocenters. The third-order valence-electron chi connectivity index (χ3n) is 6.49. The second-order valence-corrected chi connectivity index (χ2v) is 9.78. The van der Waals surface area contributed by atoms with Gasteiger partial charge in [-0.1, -0.05) is 31.5 Å². The quantitative estimate of drug-likeness (QED) is 0.546. The van der Waals surface area contributed by atoms with Crippen molar-refractivity contribution in [1.29, 1.82) is 0 Å². The lowest BCUT2D eigenvalue weighted by Crippen LogP contribution is -2.54. The van der Waals surface area contributed by atoms with Crippen molar-refractivity contribution in [3.8, 4) is 11.5 Å². The molecule has 0 radical (unpaired) electrons. The van der Waals surface area contributed by atoms with E-state index >= 15 is 0 Å². The molecule has 2 aliphatic heterocycles. The van der Waals surface area contributed by atoms with Crippen LogP contribution in [0.1, 0.15) is 42.6 Å². The largest absolute Gasteiger partial charge is 0.454 e. The highest BCUT2D eigenvalue weighted by atomic mass is 16.7. The van der Waals surface area contributed by atoms with E-state index in [4.69, 9.17) is 9.47 Å². The number of aryl methyl sites for hydroxylation is 1. The molecule has 2 aliphatic rings. The van der Waals surface area contributed by atoms with Crippen LogP contribution in [-0.2, 0) is 4.79 Å². The Kier molecular flexibility index (Phi) is 7.97. The number of hydrogen-bond donors (Lipinski definition) is 3. The van der Waals surface area contributed by atoms with Crippen LogP contribution in [0.3, 0.4) is 0 Å². The molecule has 0 spiro atoms. The van der Waals surface area contributed by atoms with Gasteiger partial charge in [-0.25, -0.2) is 4.79 Å². The minimum atomic E-state index is -0.705. The Bertz CT molecular complexity index is 1090. The standard InChI is InChI=1S/C27H34N4O5/c1-17(2)15-28-26(33)24(30-25(32)20-6-9-22-23(14-20)36-16-35-22)19-10-12-31(13-11-19)27(34)29-21-7-4-18(3)5-8-21/h4-9,14,17,19,24H,10-13,15-16H2,1-3H3,(H,28,33)(H,29,34)(H,30,32). The summed E-state index contributed by atoms with van der Waals surface area (Å²) in [7, 11) is 0. The van der Waals surface area contributed by atoms with E-state index in [-0.39, 0.29) is 36.5 Å². The molecule has 3 N–H and O–H groups in total. The summed E-state index contributed by atoms with van der Waals surface area (Å²) in [5.41, 5.74) is 2.27. The molecular weight excluding hydrogens is 460 g/mol. The molecular formula is C27H34N4O5. The van der Waals surface area contributed by atoms with Crippen LogP contribution in [0.25, 0.3) is 0 Å². The molecule has 2 heterocycles. The minimum absolute atomic E-state index is 0.0986. The van der Waals surface area contributed by atoms with E-state index in [0.717, 1.165) is 11.3 Å². The summed E-state index contributed by atoms with van der Waals surface area (Å²) in [5.74, 6) is 0.730. The molecule has 1 atom stereocenters. The van der Waals surface area contributed by atoms with Crippen molar-refractivity contribution in [1.82, 2.24) is 15.5 Å². The van der Waals surface area contributed by atoms with Gasteiger partial charge < -0.3 is 30.3 Å². The number of nitrogens with zero attached hydrogens (tertiary/aromatic N) is 1. The van der Waals surface area contributed by atoms with Crippen LogP contribution in [0.5, 0.6) is 11.5 Å². The molecule has 9 nitrogen and oxygen atoms in total. The summed E-state index contributed by atoms with van der Waals surface area (Å²) in [6.45, 7) is 7.67. The number of hydrogen-bond acceptors (Lipinski definition) is 5. The Hall–Kier alpha value is -3.75. The predicted molar refractivity (Wildman–Crippen MR) is 136 cm³/mol. The zero-order chi connectivity index (χ0) is 25.7. The SMILES string of the molecule is Cc1ccc(NC(=O)N2CCC(C(NC(=O)c3ccc4c(c3)OCO4)C(=O)NCC(C)C)CC2)cc1.